The van der Waals surface area contributed by atoms with Crippen molar-refractivity contribution in [3.8, 4) is 11.6 Å². The molecule has 0 fully saturated rings. The number of nitrogens with one attached hydrogen (secondary N) is 1. The second-order valence-corrected chi connectivity index (χ2v) is 5.99. The average molecular weight is 322 g/mol. The first-order valence-corrected chi connectivity index (χ1v) is 8.05. The lowest BCUT2D eigenvalue weighted by atomic mass is 10.1. The van der Waals surface area contributed by atoms with Crippen molar-refractivity contribution in [3.05, 3.63) is 54.2 Å². The van der Waals surface area contributed by atoms with Gasteiger partial charge < -0.3 is 14.8 Å². The monoisotopic (exact) mass is 322 g/mol. The standard InChI is InChI=1S/C20H22N2O2/c1-13(2)24-20-17-9-6-10-19(18(17)11-14(3)21-20)22-15-7-5-8-16(12-15)23-4/h5-13,22H,1-4H3. The van der Waals surface area contributed by atoms with E-state index in [1.165, 1.54) is 0 Å². The quantitative estimate of drug-likeness (QED) is 0.711. The summed E-state index contributed by atoms with van der Waals surface area (Å²) < 4.78 is 11.2. The molecule has 3 aromatic rings. The van der Waals surface area contributed by atoms with Crippen molar-refractivity contribution in [2.75, 3.05) is 12.4 Å². The van der Waals surface area contributed by atoms with Gasteiger partial charge in [-0.15, -0.1) is 0 Å². The number of methoxy groups -OCH3 is 1. The van der Waals surface area contributed by atoms with Crippen LogP contribution in [0.4, 0.5) is 11.4 Å². The van der Waals surface area contributed by atoms with Crippen LogP contribution in [0, 0.1) is 6.92 Å². The smallest absolute Gasteiger partial charge is 0.221 e. The molecule has 0 unspecified atom stereocenters. The van der Waals surface area contributed by atoms with Crippen LogP contribution in [0.25, 0.3) is 10.8 Å². The number of ether oxygens (including phenoxy) is 2. The third kappa shape index (κ3) is 3.43. The van der Waals surface area contributed by atoms with Crippen LogP contribution in [0.5, 0.6) is 11.6 Å². The van der Waals surface area contributed by atoms with Crippen molar-refractivity contribution >= 4 is 22.1 Å². The molecule has 0 radical (unpaired) electrons. The van der Waals surface area contributed by atoms with Crippen LogP contribution in [-0.2, 0) is 0 Å². The number of pyridine rings is 1. The van der Waals surface area contributed by atoms with E-state index in [1.807, 2.05) is 57.2 Å². The number of anilines is 2. The molecule has 0 saturated carbocycles. The van der Waals surface area contributed by atoms with Gasteiger partial charge in [-0.3, -0.25) is 0 Å². The molecule has 0 aliphatic heterocycles. The van der Waals surface area contributed by atoms with Crippen molar-refractivity contribution in [2.45, 2.75) is 26.9 Å². The molecule has 0 bridgehead atoms. The summed E-state index contributed by atoms with van der Waals surface area (Å²) in [4.78, 5) is 4.55. The molecule has 124 valence electrons. The summed E-state index contributed by atoms with van der Waals surface area (Å²) >= 11 is 0. The van der Waals surface area contributed by atoms with Crippen LogP contribution >= 0.6 is 0 Å². The van der Waals surface area contributed by atoms with Gasteiger partial charge >= 0.3 is 0 Å². The minimum Gasteiger partial charge on any atom is -0.497 e. The Bertz CT molecular complexity index is 859. The second-order valence-electron chi connectivity index (χ2n) is 5.99. The molecule has 0 saturated heterocycles. The van der Waals surface area contributed by atoms with E-state index in [9.17, 15) is 0 Å². The van der Waals surface area contributed by atoms with Gasteiger partial charge in [0, 0.05) is 33.9 Å². The summed E-state index contributed by atoms with van der Waals surface area (Å²) in [5.74, 6) is 1.50. The van der Waals surface area contributed by atoms with Gasteiger partial charge in [0.15, 0.2) is 0 Å². The number of benzene rings is 2. The highest BCUT2D eigenvalue weighted by molar-refractivity contribution is 5.98. The van der Waals surface area contributed by atoms with Gasteiger partial charge in [0.05, 0.1) is 13.2 Å². The maximum absolute atomic E-state index is 5.89. The molecule has 3 rings (SSSR count). The zero-order chi connectivity index (χ0) is 17.1. The van der Waals surface area contributed by atoms with Crippen molar-refractivity contribution in [1.29, 1.82) is 0 Å². The Balaban J connectivity index is 2.06. The van der Waals surface area contributed by atoms with Gasteiger partial charge in [0.1, 0.15) is 5.75 Å². The van der Waals surface area contributed by atoms with Crippen LogP contribution in [0.2, 0.25) is 0 Å². The summed E-state index contributed by atoms with van der Waals surface area (Å²) in [6, 6.07) is 16.1. The molecule has 4 heteroatoms. The van der Waals surface area contributed by atoms with E-state index in [2.05, 4.69) is 22.4 Å². The van der Waals surface area contributed by atoms with Gasteiger partial charge in [-0.1, -0.05) is 12.1 Å². The van der Waals surface area contributed by atoms with Gasteiger partial charge in [0.2, 0.25) is 5.88 Å². The highest BCUT2D eigenvalue weighted by Gasteiger charge is 2.10. The van der Waals surface area contributed by atoms with E-state index in [1.54, 1.807) is 7.11 Å². The minimum absolute atomic E-state index is 0.0810. The molecule has 24 heavy (non-hydrogen) atoms. The molecular weight excluding hydrogens is 300 g/mol. The SMILES string of the molecule is COc1cccc(Nc2cccc3c(OC(C)C)nc(C)cc23)c1. The second kappa shape index (κ2) is 6.79. The fourth-order valence-corrected chi connectivity index (χ4v) is 2.65. The molecule has 0 aliphatic carbocycles. The number of hydrogen-bond acceptors (Lipinski definition) is 4. The zero-order valence-electron chi connectivity index (χ0n) is 14.5. The minimum atomic E-state index is 0.0810. The maximum atomic E-state index is 5.89. The van der Waals surface area contributed by atoms with E-state index in [4.69, 9.17) is 9.47 Å². The Kier molecular flexibility index (Phi) is 4.56. The number of aryl methyl sites for hydroxylation is 1. The summed E-state index contributed by atoms with van der Waals surface area (Å²) in [7, 11) is 1.67. The first kappa shape index (κ1) is 16.1. The van der Waals surface area contributed by atoms with E-state index < -0.39 is 0 Å². The topological polar surface area (TPSA) is 43.4 Å². The Labute approximate surface area is 142 Å². The number of fused-ring (bicyclic) bond motifs is 1. The highest BCUT2D eigenvalue weighted by atomic mass is 16.5. The predicted octanol–water partition coefficient (Wildman–Crippen LogP) is 5.08. The third-order valence-corrected chi connectivity index (χ3v) is 3.66. The summed E-state index contributed by atoms with van der Waals surface area (Å²) in [5, 5.41) is 5.55. The Morgan fingerprint density at radius 3 is 2.54 bits per heavy atom. The van der Waals surface area contributed by atoms with E-state index in [0.29, 0.717) is 5.88 Å². The largest absolute Gasteiger partial charge is 0.497 e. The van der Waals surface area contributed by atoms with Gasteiger partial charge in [0.25, 0.3) is 0 Å². The number of nitrogens with zero attached hydrogens (tertiary/aromatic N) is 1. The van der Waals surface area contributed by atoms with Crippen molar-refractivity contribution in [2.24, 2.45) is 0 Å². The van der Waals surface area contributed by atoms with E-state index in [0.717, 1.165) is 33.6 Å². The molecule has 1 heterocycles. The lowest BCUT2D eigenvalue weighted by molar-refractivity contribution is 0.235. The van der Waals surface area contributed by atoms with Crippen LogP contribution < -0.4 is 14.8 Å². The van der Waals surface area contributed by atoms with Crippen molar-refractivity contribution in [3.63, 3.8) is 0 Å². The summed E-state index contributed by atoms with van der Waals surface area (Å²) in [5.41, 5.74) is 2.92. The number of hydrogen-bond donors (Lipinski definition) is 1. The highest BCUT2D eigenvalue weighted by Crippen LogP contribution is 2.33. The van der Waals surface area contributed by atoms with Gasteiger partial charge in [-0.25, -0.2) is 4.98 Å². The normalized spacial score (nSPS) is 10.9. The molecule has 0 spiro atoms. The Morgan fingerprint density at radius 2 is 1.79 bits per heavy atom. The number of aromatic nitrogens is 1. The maximum Gasteiger partial charge on any atom is 0.221 e. The van der Waals surface area contributed by atoms with Gasteiger partial charge in [-0.2, -0.15) is 0 Å². The fraction of sp³-hybridized carbons (Fsp3) is 0.250. The molecule has 1 aromatic heterocycles. The van der Waals surface area contributed by atoms with Crippen molar-refractivity contribution in [1.82, 2.24) is 4.98 Å². The van der Waals surface area contributed by atoms with E-state index >= 15 is 0 Å². The molecule has 0 atom stereocenters. The van der Waals surface area contributed by atoms with Crippen LogP contribution in [0.1, 0.15) is 19.5 Å². The lowest BCUT2D eigenvalue weighted by Crippen LogP contribution is -2.08. The number of rotatable bonds is 5. The van der Waals surface area contributed by atoms with Crippen molar-refractivity contribution < 1.29 is 9.47 Å². The van der Waals surface area contributed by atoms with Crippen LogP contribution in [0.3, 0.4) is 0 Å². The van der Waals surface area contributed by atoms with Crippen LogP contribution in [-0.4, -0.2) is 18.2 Å². The lowest BCUT2D eigenvalue weighted by Gasteiger charge is -2.15. The fourth-order valence-electron chi connectivity index (χ4n) is 2.65. The summed E-state index contributed by atoms with van der Waals surface area (Å²) in [6.45, 7) is 6.00. The molecule has 4 nitrogen and oxygen atoms in total. The third-order valence-electron chi connectivity index (χ3n) is 3.66. The van der Waals surface area contributed by atoms with Gasteiger partial charge in [-0.05, 0) is 51.1 Å². The molecule has 0 aliphatic rings. The average Bonchev–Trinajstić information content (AvgIpc) is 2.55. The summed E-state index contributed by atoms with van der Waals surface area (Å²) in [6.07, 6.45) is 0.0810. The Hall–Kier alpha value is -2.75. The molecular formula is C20H22N2O2. The van der Waals surface area contributed by atoms with Crippen LogP contribution in [0.15, 0.2) is 48.5 Å². The molecule has 2 aromatic carbocycles. The Morgan fingerprint density at radius 1 is 1.00 bits per heavy atom. The van der Waals surface area contributed by atoms with E-state index in [-0.39, 0.29) is 6.10 Å². The molecule has 1 N–H and O–H groups in total. The predicted molar refractivity (Wildman–Crippen MR) is 98.5 cm³/mol. The molecule has 0 amide bonds. The zero-order valence-corrected chi connectivity index (χ0v) is 14.5. The first-order chi connectivity index (χ1) is 11.6. The first-order valence-electron chi connectivity index (χ1n) is 8.05.